The molecule has 4 rings (SSSR count). The van der Waals surface area contributed by atoms with Crippen LogP contribution >= 0.6 is 0 Å². The van der Waals surface area contributed by atoms with Gasteiger partial charge in [-0.05, 0) is 43.9 Å². The number of nitrogens with zero attached hydrogens (tertiary/aromatic N) is 4. The van der Waals surface area contributed by atoms with E-state index in [1.165, 1.54) is 4.90 Å². The number of hydrogen-bond donors (Lipinski definition) is 3. The number of aliphatic hydroxyl groups is 1. The van der Waals surface area contributed by atoms with Crippen molar-refractivity contribution in [2.45, 2.75) is 38.9 Å². The SMILES string of the molecule is Cc1ccc(NC(=O)N2CCC(CC(F)(F)F)C2)cc1-c1cc(NC(C)CO)nc(N2CCOCC2)n1. The van der Waals surface area contributed by atoms with Crippen LogP contribution in [0.4, 0.5) is 35.4 Å². The minimum atomic E-state index is -4.23. The standard InChI is InChI=1S/C25H33F3N6O3/c1-16-3-4-19(30-24(36)34-6-5-18(14-34)13-25(26,27)28)11-20(16)21-12-22(29-17(2)15-35)32-23(31-21)33-7-9-37-10-8-33/h3-4,11-12,17-18,35H,5-10,13-15H2,1-2H3,(H,30,36)(H,29,31,32). The van der Waals surface area contributed by atoms with Gasteiger partial charge in [-0.2, -0.15) is 18.2 Å². The van der Waals surface area contributed by atoms with Gasteiger partial charge in [-0.1, -0.05) is 6.07 Å². The highest BCUT2D eigenvalue weighted by atomic mass is 19.4. The molecule has 12 heteroatoms. The normalized spacial score (nSPS) is 19.1. The van der Waals surface area contributed by atoms with E-state index in [0.717, 1.165) is 11.1 Å². The first-order valence-corrected chi connectivity index (χ1v) is 12.4. The number of likely N-dealkylation sites (tertiary alicyclic amines) is 1. The third kappa shape index (κ3) is 7.22. The van der Waals surface area contributed by atoms with Crippen LogP contribution in [0, 0.1) is 12.8 Å². The molecule has 2 atom stereocenters. The van der Waals surface area contributed by atoms with Crippen LogP contribution in [0.1, 0.15) is 25.3 Å². The molecule has 0 bridgehead atoms. The molecule has 0 radical (unpaired) electrons. The van der Waals surface area contributed by atoms with Crippen LogP contribution < -0.4 is 15.5 Å². The van der Waals surface area contributed by atoms with Gasteiger partial charge in [0.2, 0.25) is 5.95 Å². The molecule has 2 saturated heterocycles. The topological polar surface area (TPSA) is 103 Å². The van der Waals surface area contributed by atoms with E-state index < -0.39 is 24.5 Å². The first kappa shape index (κ1) is 26.9. The molecule has 9 nitrogen and oxygen atoms in total. The minimum Gasteiger partial charge on any atom is -0.394 e. The fourth-order valence-corrected chi connectivity index (χ4v) is 4.54. The van der Waals surface area contributed by atoms with Crippen molar-refractivity contribution in [3.05, 3.63) is 29.8 Å². The molecule has 3 heterocycles. The Morgan fingerprint density at radius 1 is 1.22 bits per heavy atom. The van der Waals surface area contributed by atoms with Crippen molar-refractivity contribution in [3.8, 4) is 11.3 Å². The largest absolute Gasteiger partial charge is 0.394 e. The maximum atomic E-state index is 12.8. The Kier molecular flexibility index (Phi) is 8.38. The number of aromatic nitrogens is 2. The van der Waals surface area contributed by atoms with Crippen LogP contribution in [-0.4, -0.2) is 84.2 Å². The maximum Gasteiger partial charge on any atom is 0.389 e. The van der Waals surface area contributed by atoms with Crippen molar-refractivity contribution in [2.24, 2.45) is 5.92 Å². The number of halogens is 3. The monoisotopic (exact) mass is 522 g/mol. The van der Waals surface area contributed by atoms with Gasteiger partial charge in [-0.3, -0.25) is 0 Å². The molecule has 2 aliphatic rings. The van der Waals surface area contributed by atoms with E-state index >= 15 is 0 Å². The summed E-state index contributed by atoms with van der Waals surface area (Å²) in [7, 11) is 0. The highest BCUT2D eigenvalue weighted by molar-refractivity contribution is 5.90. The van der Waals surface area contributed by atoms with Crippen molar-refractivity contribution in [1.82, 2.24) is 14.9 Å². The zero-order chi connectivity index (χ0) is 26.6. The van der Waals surface area contributed by atoms with E-state index in [4.69, 9.17) is 9.72 Å². The smallest absolute Gasteiger partial charge is 0.389 e. The average molecular weight is 523 g/mol. The number of carbonyl (C=O) groups excluding carboxylic acids is 1. The van der Waals surface area contributed by atoms with Gasteiger partial charge in [0.25, 0.3) is 0 Å². The number of benzene rings is 1. The predicted molar refractivity (Wildman–Crippen MR) is 135 cm³/mol. The van der Waals surface area contributed by atoms with Gasteiger partial charge in [0, 0.05) is 56.0 Å². The molecular formula is C25H33F3N6O3. The Balaban J connectivity index is 1.55. The first-order valence-electron chi connectivity index (χ1n) is 12.4. The van der Waals surface area contributed by atoms with Gasteiger partial charge in [-0.15, -0.1) is 0 Å². The summed E-state index contributed by atoms with van der Waals surface area (Å²) in [6.07, 6.45) is -4.78. The summed E-state index contributed by atoms with van der Waals surface area (Å²) in [5, 5.41) is 15.5. The Morgan fingerprint density at radius 2 is 1.97 bits per heavy atom. The minimum absolute atomic E-state index is 0.0624. The third-order valence-corrected chi connectivity index (χ3v) is 6.53. The number of amides is 2. The number of carbonyl (C=O) groups is 1. The Bertz CT molecular complexity index is 1090. The Hall–Kier alpha value is -3.12. The van der Waals surface area contributed by atoms with Crippen molar-refractivity contribution in [3.63, 3.8) is 0 Å². The summed E-state index contributed by atoms with van der Waals surface area (Å²) in [5.41, 5.74) is 2.88. The second kappa shape index (κ2) is 11.5. The fraction of sp³-hybridized carbons (Fsp3) is 0.560. The molecule has 1 aromatic heterocycles. The van der Waals surface area contributed by atoms with Gasteiger partial charge in [-0.25, -0.2) is 9.78 Å². The molecule has 2 fully saturated rings. The number of ether oxygens (including phenoxy) is 1. The number of anilines is 3. The van der Waals surface area contributed by atoms with Crippen molar-refractivity contribution < 1.29 is 27.8 Å². The number of morpholine rings is 1. The average Bonchev–Trinajstić information content (AvgIpc) is 3.32. The zero-order valence-corrected chi connectivity index (χ0v) is 21.0. The lowest BCUT2D eigenvalue weighted by molar-refractivity contribution is -0.143. The highest BCUT2D eigenvalue weighted by Crippen LogP contribution is 2.32. The number of nitrogens with one attached hydrogen (secondary N) is 2. The van der Waals surface area contributed by atoms with Gasteiger partial charge < -0.3 is 30.3 Å². The van der Waals surface area contributed by atoms with E-state index in [-0.39, 0.29) is 25.7 Å². The molecular weight excluding hydrogens is 489 g/mol. The van der Waals surface area contributed by atoms with Crippen molar-refractivity contribution in [2.75, 3.05) is 61.5 Å². The molecule has 2 aliphatic heterocycles. The van der Waals surface area contributed by atoms with Gasteiger partial charge in [0.05, 0.1) is 25.5 Å². The quantitative estimate of drug-likeness (QED) is 0.507. The van der Waals surface area contributed by atoms with Crippen LogP contribution in [0.2, 0.25) is 0 Å². The molecule has 3 N–H and O–H groups in total. The fourth-order valence-electron chi connectivity index (χ4n) is 4.54. The van der Waals surface area contributed by atoms with E-state index in [2.05, 4.69) is 15.6 Å². The maximum absolute atomic E-state index is 12.8. The molecule has 1 aromatic carbocycles. The van der Waals surface area contributed by atoms with E-state index in [1.807, 2.05) is 24.8 Å². The lowest BCUT2D eigenvalue weighted by atomic mass is 10.0. The van der Waals surface area contributed by atoms with Crippen LogP contribution in [-0.2, 0) is 4.74 Å². The van der Waals surface area contributed by atoms with E-state index in [1.54, 1.807) is 18.2 Å². The zero-order valence-electron chi connectivity index (χ0n) is 21.0. The van der Waals surface area contributed by atoms with Gasteiger partial charge in [0.15, 0.2) is 0 Å². The summed E-state index contributed by atoms with van der Waals surface area (Å²) in [4.78, 5) is 25.7. The lowest BCUT2D eigenvalue weighted by Crippen LogP contribution is -2.37. The molecule has 37 heavy (non-hydrogen) atoms. The number of rotatable bonds is 7. The van der Waals surface area contributed by atoms with Crippen LogP contribution in [0.5, 0.6) is 0 Å². The number of alkyl halides is 3. The van der Waals surface area contributed by atoms with E-state index in [0.29, 0.717) is 55.9 Å². The Labute approximate surface area is 214 Å². The molecule has 2 unspecified atom stereocenters. The van der Waals surface area contributed by atoms with Gasteiger partial charge >= 0.3 is 12.2 Å². The molecule has 0 spiro atoms. The van der Waals surface area contributed by atoms with Crippen LogP contribution in [0.3, 0.4) is 0 Å². The Morgan fingerprint density at radius 3 is 2.68 bits per heavy atom. The number of urea groups is 1. The lowest BCUT2D eigenvalue weighted by Gasteiger charge is -2.27. The number of hydrogen-bond acceptors (Lipinski definition) is 7. The summed E-state index contributed by atoms with van der Waals surface area (Å²) in [6.45, 7) is 6.53. The van der Waals surface area contributed by atoms with Crippen molar-refractivity contribution in [1.29, 1.82) is 0 Å². The second-order valence-corrected chi connectivity index (χ2v) is 9.65. The van der Waals surface area contributed by atoms with Crippen LogP contribution in [0.25, 0.3) is 11.3 Å². The summed E-state index contributed by atoms with van der Waals surface area (Å²) >= 11 is 0. The first-order chi connectivity index (χ1) is 17.6. The number of aliphatic hydroxyl groups excluding tert-OH is 1. The molecule has 0 aliphatic carbocycles. The van der Waals surface area contributed by atoms with Crippen LogP contribution in [0.15, 0.2) is 24.3 Å². The molecule has 2 amide bonds. The summed E-state index contributed by atoms with van der Waals surface area (Å²) < 4.78 is 43.7. The predicted octanol–water partition coefficient (Wildman–Crippen LogP) is 3.89. The highest BCUT2D eigenvalue weighted by Gasteiger charge is 2.36. The third-order valence-electron chi connectivity index (χ3n) is 6.53. The molecule has 0 saturated carbocycles. The summed E-state index contributed by atoms with van der Waals surface area (Å²) in [5.74, 6) is 0.524. The molecule has 202 valence electrons. The van der Waals surface area contributed by atoms with E-state index in [9.17, 15) is 23.1 Å². The summed E-state index contributed by atoms with van der Waals surface area (Å²) in [6, 6.07) is 6.59. The number of aryl methyl sites for hydroxylation is 1. The second-order valence-electron chi connectivity index (χ2n) is 9.65. The van der Waals surface area contributed by atoms with Crippen molar-refractivity contribution >= 4 is 23.5 Å². The molecule has 2 aromatic rings. The van der Waals surface area contributed by atoms with Gasteiger partial charge in [0.1, 0.15) is 5.82 Å².